The van der Waals surface area contributed by atoms with Gasteiger partial charge in [0.25, 0.3) is 5.91 Å². The van der Waals surface area contributed by atoms with Gasteiger partial charge in [-0.25, -0.2) is 18.2 Å². The number of amides is 4. The summed E-state index contributed by atoms with van der Waals surface area (Å²) in [4.78, 5) is 62.6. The molecule has 0 radical (unpaired) electrons. The number of halogens is 2. The lowest BCUT2D eigenvalue weighted by atomic mass is 9.87. The fourth-order valence-electron chi connectivity index (χ4n) is 8.31. The fourth-order valence-corrected chi connectivity index (χ4v) is 9.62. The van der Waals surface area contributed by atoms with Gasteiger partial charge in [-0.3, -0.25) is 19.1 Å². The first-order valence-electron chi connectivity index (χ1n) is 20.1. The van der Waals surface area contributed by atoms with Gasteiger partial charge in [0.2, 0.25) is 21.8 Å². The minimum absolute atomic E-state index is 0.00574. The van der Waals surface area contributed by atoms with E-state index in [1.54, 1.807) is 19.9 Å². The van der Waals surface area contributed by atoms with Crippen molar-refractivity contribution in [1.82, 2.24) is 25.2 Å². The average Bonchev–Trinajstić information content (AvgIpc) is 4.04. The van der Waals surface area contributed by atoms with Gasteiger partial charge >= 0.3 is 12.7 Å². The number of fused-ring (bicyclic) bond motifs is 5. The molecule has 1 aromatic heterocycles. The Morgan fingerprint density at radius 2 is 1.88 bits per heavy atom. The Labute approximate surface area is 337 Å². The second-order valence-corrected chi connectivity index (χ2v) is 20.3. The molecule has 1 saturated heterocycles. The number of nitrogens with zero attached hydrogens (tertiary/aromatic N) is 2. The maximum absolute atomic E-state index is 14.8. The summed E-state index contributed by atoms with van der Waals surface area (Å²) in [5.74, 6) is -2.11. The lowest BCUT2D eigenvalue weighted by Crippen LogP contribution is -2.58. The molecule has 5 atom stereocenters. The van der Waals surface area contributed by atoms with Crippen LogP contribution >= 0.6 is 0 Å². The molecule has 17 heteroatoms. The third-order valence-electron chi connectivity index (χ3n) is 12.1. The molecule has 58 heavy (non-hydrogen) atoms. The number of carbonyl (C=O) groups excluding carboxylic acids is 4. The van der Waals surface area contributed by atoms with Gasteiger partial charge in [0.15, 0.2) is 0 Å². The van der Waals surface area contributed by atoms with Crippen LogP contribution in [-0.2, 0) is 35.6 Å². The van der Waals surface area contributed by atoms with Crippen LogP contribution < -0.4 is 24.8 Å². The molecule has 5 unspecified atom stereocenters. The van der Waals surface area contributed by atoms with Crippen LogP contribution in [0.1, 0.15) is 103 Å². The summed E-state index contributed by atoms with van der Waals surface area (Å²) >= 11 is 0. The van der Waals surface area contributed by atoms with E-state index in [1.165, 1.54) is 17.0 Å². The fraction of sp³-hybridized carbons (Fsp3) is 0.634. The quantitative estimate of drug-likeness (QED) is 0.308. The number of allylic oxidation sites excluding steroid dienone is 1. The molecule has 3 aliphatic heterocycles. The molecule has 2 saturated carbocycles. The summed E-state index contributed by atoms with van der Waals surface area (Å²) in [6.45, 7) is 6.10. The van der Waals surface area contributed by atoms with E-state index in [0.717, 1.165) is 18.4 Å². The van der Waals surface area contributed by atoms with Crippen LogP contribution in [0.2, 0.25) is 0 Å². The van der Waals surface area contributed by atoms with E-state index in [-0.39, 0.29) is 43.6 Å². The molecule has 7 rings (SSSR count). The van der Waals surface area contributed by atoms with E-state index in [4.69, 9.17) is 9.47 Å². The summed E-state index contributed by atoms with van der Waals surface area (Å²) in [5.41, 5.74) is -1.20. The van der Waals surface area contributed by atoms with Crippen LogP contribution in [0.4, 0.5) is 13.6 Å². The Balaban J connectivity index is 1.23. The highest BCUT2D eigenvalue weighted by Crippen LogP contribution is 2.49. The first kappa shape index (κ1) is 41.6. The van der Waals surface area contributed by atoms with Crippen LogP contribution in [0.3, 0.4) is 0 Å². The monoisotopic (exact) mass is 829 g/mol. The predicted octanol–water partition coefficient (Wildman–Crippen LogP) is 5.34. The number of ether oxygens (including phenoxy) is 3. The molecule has 1 spiro atoms. The van der Waals surface area contributed by atoms with Crippen LogP contribution in [0.25, 0.3) is 10.9 Å². The molecule has 316 valence electrons. The van der Waals surface area contributed by atoms with Crippen LogP contribution in [0.5, 0.6) is 11.5 Å². The highest BCUT2D eigenvalue weighted by molar-refractivity contribution is 7.91. The maximum Gasteiger partial charge on any atom is 0.407 e. The van der Waals surface area contributed by atoms with Gasteiger partial charge < -0.3 is 29.7 Å². The second-order valence-electron chi connectivity index (χ2n) is 18.1. The molecule has 3 N–H and O–H groups in total. The molecule has 4 heterocycles. The number of carbonyl (C=O) groups is 4. The van der Waals surface area contributed by atoms with E-state index < -0.39 is 74.3 Å². The van der Waals surface area contributed by atoms with E-state index in [0.29, 0.717) is 60.9 Å². The molecule has 0 bridgehead atoms. The topological polar surface area (TPSA) is 182 Å². The number of alkyl carbamates (subject to hydrolysis) is 1. The zero-order chi connectivity index (χ0) is 41.8. The summed E-state index contributed by atoms with van der Waals surface area (Å²) in [7, 11) is -4.03. The van der Waals surface area contributed by atoms with Crippen LogP contribution in [0, 0.1) is 18.3 Å². The van der Waals surface area contributed by atoms with Gasteiger partial charge in [-0.15, -0.1) is 0 Å². The van der Waals surface area contributed by atoms with E-state index >= 15 is 0 Å². The van der Waals surface area contributed by atoms with Gasteiger partial charge in [-0.05, 0) is 88.8 Å². The average molecular weight is 830 g/mol. The van der Waals surface area contributed by atoms with Gasteiger partial charge in [0.05, 0.1) is 29.1 Å². The Morgan fingerprint density at radius 1 is 1.12 bits per heavy atom. The molecule has 4 amide bonds. The number of aryl methyl sites for hydroxylation is 2. The number of alkyl halides is 2. The van der Waals surface area contributed by atoms with Crippen molar-refractivity contribution >= 4 is 44.7 Å². The Kier molecular flexibility index (Phi) is 10.9. The largest absolute Gasteiger partial charge is 0.483 e. The minimum atomic E-state index is -4.03. The van der Waals surface area contributed by atoms with Crippen LogP contribution in [0.15, 0.2) is 30.4 Å². The van der Waals surface area contributed by atoms with Crippen molar-refractivity contribution in [3.8, 4) is 11.5 Å². The molecular weight excluding hydrogens is 777 g/mol. The Bertz CT molecular complexity index is 2140. The number of hydrogen-bond donors (Lipinski definition) is 3. The van der Waals surface area contributed by atoms with Gasteiger partial charge in [0.1, 0.15) is 34.7 Å². The summed E-state index contributed by atoms with van der Waals surface area (Å²) in [6, 6.07) is 2.28. The number of benzene rings is 1. The van der Waals surface area contributed by atoms with Crippen molar-refractivity contribution < 1.29 is 50.6 Å². The second kappa shape index (κ2) is 15.2. The van der Waals surface area contributed by atoms with Crippen molar-refractivity contribution in [2.45, 2.75) is 140 Å². The van der Waals surface area contributed by atoms with Gasteiger partial charge in [-0.1, -0.05) is 45.8 Å². The van der Waals surface area contributed by atoms with E-state index in [9.17, 15) is 36.4 Å². The minimum Gasteiger partial charge on any atom is -0.483 e. The lowest BCUT2D eigenvalue weighted by molar-refractivity contribution is -0.141. The van der Waals surface area contributed by atoms with Gasteiger partial charge in [-0.2, -0.15) is 8.78 Å². The smallest absolute Gasteiger partial charge is 0.407 e. The zero-order valence-electron chi connectivity index (χ0n) is 33.6. The van der Waals surface area contributed by atoms with Crippen molar-refractivity contribution in [1.29, 1.82) is 0 Å². The first-order valence-corrected chi connectivity index (χ1v) is 21.6. The highest BCUT2D eigenvalue weighted by atomic mass is 32.2. The van der Waals surface area contributed by atoms with Crippen molar-refractivity contribution in [3.63, 3.8) is 0 Å². The molecule has 1 aromatic carbocycles. The predicted molar refractivity (Wildman–Crippen MR) is 209 cm³/mol. The number of rotatable bonds is 7. The number of aromatic nitrogens is 1. The molecule has 3 fully saturated rings. The van der Waals surface area contributed by atoms with E-state index in [2.05, 4.69) is 25.1 Å². The van der Waals surface area contributed by atoms with Crippen molar-refractivity contribution in [3.05, 3.63) is 41.6 Å². The standard InChI is InChI=1S/C41H53F2N5O9S/c1-24-32-27(28-19-26(56-36(42)43)13-14-29(28)44-24)15-16-40(57-32)21-31-33(49)46-41(35(51)47-58(53,54)39(5)17-18-39)20-25(41)11-9-7-6-8-10-12-30(34(50)48(31)22-40)45-37(52)55-23-38(2,3)4/h9,11,13-14,19,25,30-31,36H,6-8,10,12,15-18,20-23H2,1-5H3,(H,45,52)(H,46,49)(H,47,51). The van der Waals surface area contributed by atoms with Gasteiger partial charge in [0, 0.05) is 23.3 Å². The van der Waals surface area contributed by atoms with Crippen LogP contribution in [-0.4, -0.2) is 89.9 Å². The van der Waals surface area contributed by atoms with Crippen molar-refractivity contribution in [2.24, 2.45) is 11.3 Å². The number of nitrogens with one attached hydrogen (secondary N) is 3. The number of sulfonamides is 1. The zero-order valence-corrected chi connectivity index (χ0v) is 34.4. The normalized spacial score (nSPS) is 28.3. The highest BCUT2D eigenvalue weighted by Gasteiger charge is 2.64. The van der Waals surface area contributed by atoms with Crippen molar-refractivity contribution in [2.75, 3.05) is 13.2 Å². The summed E-state index contributed by atoms with van der Waals surface area (Å²) in [6.07, 6.45) is 7.75. The third-order valence-corrected chi connectivity index (χ3v) is 14.3. The summed E-state index contributed by atoms with van der Waals surface area (Å²) in [5, 5.41) is 6.23. The summed E-state index contributed by atoms with van der Waals surface area (Å²) < 4.78 is 70.8. The maximum atomic E-state index is 14.8. The molecule has 2 aliphatic carbocycles. The Morgan fingerprint density at radius 3 is 2.59 bits per heavy atom. The SMILES string of the molecule is Cc1nc2ccc(OC(F)F)cc2c2c1OC1(CC2)CC2C(=O)NC3(C(=O)NS(=O)(=O)C4(C)CC4)CC3C=CCCCCCC(NC(=O)OCC(C)(C)C)C(=O)N2C1. The Hall–Kier alpha value is -4.54. The third kappa shape index (κ3) is 8.46. The molecule has 14 nitrogen and oxygen atoms in total. The molecule has 2 aromatic rings. The van der Waals surface area contributed by atoms with E-state index in [1.807, 2.05) is 32.9 Å². The number of pyridine rings is 1. The first-order chi connectivity index (χ1) is 27.2. The molecular formula is C41H53F2N5O9S. The number of hydrogen-bond acceptors (Lipinski definition) is 10. The molecule has 5 aliphatic rings. The lowest BCUT2D eigenvalue weighted by Gasteiger charge is -2.36.